The second-order valence-electron chi connectivity index (χ2n) is 6.42. The van der Waals surface area contributed by atoms with Crippen LogP contribution in [0, 0.1) is 0 Å². The summed E-state index contributed by atoms with van der Waals surface area (Å²) >= 11 is 1.66. The SMILES string of the molecule is O=C1OCCCN1CCNC(=O)N1CCn2cccc2[C@@H]1c1cccs1. The summed E-state index contributed by atoms with van der Waals surface area (Å²) < 4.78 is 7.23. The number of urea groups is 1. The van der Waals surface area contributed by atoms with Gasteiger partial charge in [-0.25, -0.2) is 9.59 Å². The van der Waals surface area contributed by atoms with Crippen LogP contribution >= 0.6 is 11.3 Å². The van der Waals surface area contributed by atoms with Gasteiger partial charge in [-0.3, -0.25) is 0 Å². The van der Waals surface area contributed by atoms with Crippen molar-refractivity contribution >= 4 is 23.5 Å². The zero-order valence-corrected chi connectivity index (χ0v) is 15.3. The van der Waals surface area contributed by atoms with Crippen molar-refractivity contribution < 1.29 is 14.3 Å². The van der Waals surface area contributed by atoms with Crippen LogP contribution in [-0.2, 0) is 11.3 Å². The highest BCUT2D eigenvalue weighted by atomic mass is 32.1. The van der Waals surface area contributed by atoms with E-state index in [1.54, 1.807) is 16.2 Å². The first-order valence-corrected chi connectivity index (χ1v) is 9.76. The zero-order chi connectivity index (χ0) is 17.9. The Kier molecular flexibility index (Phi) is 4.83. The van der Waals surface area contributed by atoms with Crippen LogP contribution in [-0.4, -0.2) is 59.3 Å². The molecule has 0 radical (unpaired) electrons. The van der Waals surface area contributed by atoms with E-state index in [1.807, 2.05) is 22.4 Å². The van der Waals surface area contributed by atoms with Crippen LogP contribution in [0.3, 0.4) is 0 Å². The molecular weight excluding hydrogens is 352 g/mol. The van der Waals surface area contributed by atoms with Crippen LogP contribution in [0.25, 0.3) is 0 Å². The van der Waals surface area contributed by atoms with Crippen molar-refractivity contribution in [2.75, 3.05) is 32.8 Å². The first-order valence-electron chi connectivity index (χ1n) is 8.88. The van der Waals surface area contributed by atoms with Crippen LogP contribution in [0.1, 0.15) is 23.0 Å². The van der Waals surface area contributed by atoms with Crippen LogP contribution in [0.15, 0.2) is 35.8 Å². The van der Waals surface area contributed by atoms with Crippen LogP contribution < -0.4 is 5.32 Å². The molecule has 4 rings (SSSR count). The summed E-state index contributed by atoms with van der Waals surface area (Å²) in [5, 5.41) is 5.01. The average molecular weight is 374 g/mol. The van der Waals surface area contributed by atoms with Crippen molar-refractivity contribution in [3.8, 4) is 0 Å². The molecule has 1 N–H and O–H groups in total. The summed E-state index contributed by atoms with van der Waals surface area (Å²) in [6.45, 7) is 3.50. The molecular formula is C18H22N4O3S. The van der Waals surface area contributed by atoms with Gasteiger partial charge in [0.05, 0.1) is 6.61 Å². The second-order valence-corrected chi connectivity index (χ2v) is 7.40. The van der Waals surface area contributed by atoms with Gasteiger partial charge < -0.3 is 24.4 Å². The number of nitrogens with zero attached hydrogens (tertiary/aromatic N) is 3. The number of rotatable bonds is 4. The van der Waals surface area contributed by atoms with E-state index in [0.29, 0.717) is 32.8 Å². The number of carbonyl (C=O) groups excluding carboxylic acids is 2. The highest BCUT2D eigenvalue weighted by Gasteiger charge is 2.32. The van der Waals surface area contributed by atoms with E-state index in [0.717, 1.165) is 23.5 Å². The highest BCUT2D eigenvalue weighted by molar-refractivity contribution is 7.10. The molecule has 4 heterocycles. The van der Waals surface area contributed by atoms with E-state index >= 15 is 0 Å². The molecule has 26 heavy (non-hydrogen) atoms. The van der Waals surface area contributed by atoms with Crippen molar-refractivity contribution in [2.24, 2.45) is 0 Å². The third-order valence-electron chi connectivity index (χ3n) is 4.83. The van der Waals surface area contributed by atoms with Gasteiger partial charge in [-0.2, -0.15) is 0 Å². The molecule has 1 fully saturated rings. The predicted molar refractivity (Wildman–Crippen MR) is 98.2 cm³/mol. The van der Waals surface area contributed by atoms with E-state index in [9.17, 15) is 9.59 Å². The fourth-order valence-electron chi connectivity index (χ4n) is 3.55. The van der Waals surface area contributed by atoms with Crippen molar-refractivity contribution in [1.82, 2.24) is 19.7 Å². The number of carbonyl (C=O) groups is 2. The number of fused-ring (bicyclic) bond motifs is 1. The number of amides is 3. The lowest BCUT2D eigenvalue weighted by molar-refractivity contribution is 0.0731. The van der Waals surface area contributed by atoms with Crippen molar-refractivity contribution in [3.63, 3.8) is 0 Å². The Morgan fingerprint density at radius 2 is 2.19 bits per heavy atom. The van der Waals surface area contributed by atoms with Gasteiger partial charge in [0.15, 0.2) is 0 Å². The minimum atomic E-state index is -0.294. The smallest absolute Gasteiger partial charge is 0.409 e. The predicted octanol–water partition coefficient (Wildman–Crippen LogP) is 2.51. The maximum atomic E-state index is 12.8. The Labute approximate surface area is 156 Å². The number of thiophene rings is 1. The Hall–Kier alpha value is -2.48. The molecule has 2 aromatic heterocycles. The van der Waals surface area contributed by atoms with Gasteiger partial charge in [-0.05, 0) is 30.0 Å². The summed E-state index contributed by atoms with van der Waals surface area (Å²) in [6.07, 6.45) is 2.61. The maximum absolute atomic E-state index is 12.8. The van der Waals surface area contributed by atoms with Gasteiger partial charge >= 0.3 is 12.1 Å². The topological polar surface area (TPSA) is 66.8 Å². The number of hydrogen-bond donors (Lipinski definition) is 1. The van der Waals surface area contributed by atoms with Gasteiger partial charge in [-0.15, -0.1) is 11.3 Å². The molecule has 0 unspecified atom stereocenters. The first-order chi connectivity index (χ1) is 12.7. The molecule has 2 aliphatic rings. The van der Waals surface area contributed by atoms with Crippen LogP contribution in [0.2, 0.25) is 0 Å². The lowest BCUT2D eigenvalue weighted by Crippen LogP contribution is -2.49. The highest BCUT2D eigenvalue weighted by Crippen LogP contribution is 2.34. The quantitative estimate of drug-likeness (QED) is 0.894. The number of hydrogen-bond acceptors (Lipinski definition) is 4. The number of aromatic nitrogens is 1. The molecule has 2 aromatic rings. The van der Waals surface area contributed by atoms with Gasteiger partial charge in [0, 0.05) is 49.5 Å². The molecule has 8 heteroatoms. The molecule has 0 aromatic carbocycles. The van der Waals surface area contributed by atoms with Gasteiger partial charge in [0.25, 0.3) is 0 Å². The Balaban J connectivity index is 1.42. The fraction of sp³-hybridized carbons (Fsp3) is 0.444. The Bertz CT molecular complexity index is 773. The van der Waals surface area contributed by atoms with Crippen molar-refractivity contribution in [1.29, 1.82) is 0 Å². The maximum Gasteiger partial charge on any atom is 0.409 e. The number of cyclic esters (lactones) is 1. The van der Waals surface area contributed by atoms with Crippen molar-refractivity contribution in [3.05, 3.63) is 46.4 Å². The van der Waals surface area contributed by atoms with Gasteiger partial charge in [0.2, 0.25) is 0 Å². The minimum absolute atomic E-state index is 0.0706. The minimum Gasteiger partial charge on any atom is -0.449 e. The van der Waals surface area contributed by atoms with E-state index in [1.165, 1.54) is 0 Å². The summed E-state index contributed by atoms with van der Waals surface area (Å²) in [5.74, 6) is 0. The third-order valence-corrected chi connectivity index (χ3v) is 5.75. The Morgan fingerprint density at radius 3 is 3.00 bits per heavy atom. The monoisotopic (exact) mass is 374 g/mol. The molecule has 1 saturated heterocycles. The third kappa shape index (κ3) is 3.29. The van der Waals surface area contributed by atoms with E-state index in [-0.39, 0.29) is 18.2 Å². The summed E-state index contributed by atoms with van der Waals surface area (Å²) in [5.41, 5.74) is 1.13. The lowest BCUT2D eigenvalue weighted by Gasteiger charge is -2.36. The summed E-state index contributed by atoms with van der Waals surface area (Å²) in [4.78, 5) is 29.2. The average Bonchev–Trinajstić information content (AvgIpc) is 3.34. The normalized spacial score (nSPS) is 19.8. The molecule has 7 nitrogen and oxygen atoms in total. The molecule has 2 aliphatic heterocycles. The molecule has 3 amide bonds. The second kappa shape index (κ2) is 7.41. The zero-order valence-electron chi connectivity index (χ0n) is 14.5. The van der Waals surface area contributed by atoms with Crippen LogP contribution in [0.5, 0.6) is 0 Å². The fourth-order valence-corrected chi connectivity index (χ4v) is 4.40. The van der Waals surface area contributed by atoms with Gasteiger partial charge in [-0.1, -0.05) is 6.07 Å². The lowest BCUT2D eigenvalue weighted by atomic mass is 10.1. The molecule has 138 valence electrons. The number of ether oxygens (including phenoxy) is 1. The molecule has 0 aliphatic carbocycles. The Morgan fingerprint density at radius 1 is 1.27 bits per heavy atom. The molecule has 0 spiro atoms. The van der Waals surface area contributed by atoms with E-state index < -0.39 is 0 Å². The summed E-state index contributed by atoms with van der Waals surface area (Å²) in [6, 6.07) is 8.02. The summed E-state index contributed by atoms with van der Waals surface area (Å²) in [7, 11) is 0. The largest absolute Gasteiger partial charge is 0.449 e. The molecule has 0 saturated carbocycles. The number of nitrogens with one attached hydrogen (secondary N) is 1. The molecule has 1 atom stereocenters. The van der Waals surface area contributed by atoms with Crippen molar-refractivity contribution in [2.45, 2.75) is 19.0 Å². The van der Waals surface area contributed by atoms with E-state index in [2.05, 4.69) is 28.2 Å². The standard InChI is InChI=1S/C18H22N4O3S/c23-17(19-6-9-21-8-3-12-25-18(21)24)22-11-10-20-7-1-4-14(20)16(22)15-5-2-13-26-15/h1-2,4-5,7,13,16H,3,6,8-12H2,(H,19,23)/t16-/m1/s1. The molecule has 0 bridgehead atoms. The van der Waals surface area contributed by atoms with Crippen LogP contribution in [0.4, 0.5) is 9.59 Å². The van der Waals surface area contributed by atoms with Gasteiger partial charge in [0.1, 0.15) is 6.04 Å². The first kappa shape index (κ1) is 17.0. The van der Waals surface area contributed by atoms with E-state index in [4.69, 9.17) is 4.74 Å².